The maximum atomic E-state index is 14.0. The summed E-state index contributed by atoms with van der Waals surface area (Å²) in [4.78, 5) is 44.4. The van der Waals surface area contributed by atoms with Gasteiger partial charge in [0.15, 0.2) is 0 Å². The highest BCUT2D eigenvalue weighted by molar-refractivity contribution is 5.68. The first kappa shape index (κ1) is 38.7. The number of nitrogens with one attached hydrogen (secondary N) is 2. The van der Waals surface area contributed by atoms with E-state index in [1.807, 2.05) is 17.0 Å². The van der Waals surface area contributed by atoms with Gasteiger partial charge < -0.3 is 34.8 Å². The Bertz CT molecular complexity index is 1420. The van der Waals surface area contributed by atoms with E-state index in [1.165, 1.54) is 24.3 Å². The van der Waals surface area contributed by atoms with Crippen molar-refractivity contribution in [2.24, 2.45) is 0 Å². The van der Waals surface area contributed by atoms with E-state index in [4.69, 9.17) is 24.4 Å². The van der Waals surface area contributed by atoms with Crippen molar-refractivity contribution in [2.75, 3.05) is 55.0 Å². The topological polar surface area (TPSA) is 125 Å². The van der Waals surface area contributed by atoms with Crippen molar-refractivity contribution in [3.05, 3.63) is 71.3 Å². The van der Waals surface area contributed by atoms with Crippen LogP contribution in [0.25, 0.3) is 0 Å². The van der Waals surface area contributed by atoms with Crippen molar-refractivity contribution in [3.8, 4) is 0 Å². The fourth-order valence-corrected chi connectivity index (χ4v) is 4.65. The predicted octanol–water partition coefficient (Wildman–Crippen LogP) is 6.06. The molecule has 0 atom stereocenters. The third-order valence-corrected chi connectivity index (χ3v) is 6.73. The quantitative estimate of drug-likeness (QED) is 0.183. The lowest BCUT2D eigenvalue weighted by atomic mass is 10.2. The summed E-state index contributed by atoms with van der Waals surface area (Å²) < 4.78 is 38.7. The van der Waals surface area contributed by atoms with Gasteiger partial charge in [-0.2, -0.15) is 15.0 Å². The van der Waals surface area contributed by atoms with Gasteiger partial charge in [-0.05, 0) is 89.8 Å². The zero-order valence-corrected chi connectivity index (χ0v) is 29.8. The summed E-state index contributed by atoms with van der Waals surface area (Å²) in [5.74, 6) is 0.373. The molecule has 49 heavy (non-hydrogen) atoms. The molecule has 0 fully saturated rings. The van der Waals surface area contributed by atoms with Crippen LogP contribution in [0, 0.1) is 11.6 Å². The smallest absolute Gasteiger partial charge is 0.407 e. The van der Waals surface area contributed by atoms with Gasteiger partial charge in [0, 0.05) is 53.4 Å². The normalized spacial score (nSPS) is 11.5. The SMILES string of the molecule is CN(Cc1cccc(F)c1)c1nc(N(C)Cc2cccc(F)c2)nc(N(CCCNC(=O)OC(C)(C)C)CCCNC(=O)OC(C)(C)C)n1. The van der Waals surface area contributed by atoms with Crippen LogP contribution in [-0.4, -0.2) is 78.6 Å². The molecule has 12 nitrogen and oxygen atoms in total. The number of amides is 2. The zero-order chi connectivity index (χ0) is 36.2. The molecule has 0 bridgehead atoms. The largest absolute Gasteiger partial charge is 0.444 e. The van der Waals surface area contributed by atoms with Crippen molar-refractivity contribution in [1.82, 2.24) is 25.6 Å². The van der Waals surface area contributed by atoms with Gasteiger partial charge in [0.05, 0.1) is 0 Å². The molecule has 0 unspecified atom stereocenters. The molecule has 2 N–H and O–H groups in total. The van der Waals surface area contributed by atoms with Crippen LogP contribution in [-0.2, 0) is 22.6 Å². The molecule has 3 rings (SSSR count). The molecule has 0 spiro atoms. The Kier molecular flexibility index (Phi) is 13.9. The molecule has 0 radical (unpaired) electrons. The van der Waals surface area contributed by atoms with Crippen molar-refractivity contribution in [3.63, 3.8) is 0 Å². The van der Waals surface area contributed by atoms with Crippen LogP contribution in [0.1, 0.15) is 65.5 Å². The average Bonchev–Trinajstić information content (AvgIpc) is 2.98. The summed E-state index contributed by atoms with van der Waals surface area (Å²) in [6.07, 6.45) is 0.0485. The minimum absolute atomic E-state index is 0.327. The molecule has 0 aliphatic heterocycles. The Labute approximate surface area is 288 Å². The average molecular weight is 685 g/mol. The highest BCUT2D eigenvalue weighted by atomic mass is 19.1. The number of aromatic nitrogens is 3. The number of carbonyl (C=O) groups is 2. The van der Waals surface area contributed by atoms with Crippen LogP contribution in [0.2, 0.25) is 0 Å². The van der Waals surface area contributed by atoms with E-state index >= 15 is 0 Å². The standard InChI is InChI=1S/C35H50F2N8O4/c1-34(2,3)48-32(46)38-17-11-19-45(20-12-18-39-33(47)49-35(4,5)6)31-41-29(43(7)23-25-13-9-15-27(36)21-25)40-30(42-31)44(8)24-26-14-10-16-28(37)22-26/h9-10,13-16,21-22H,11-12,17-20,23-24H2,1-8H3,(H,38,46)(H,39,47). The van der Waals surface area contributed by atoms with Gasteiger partial charge in [-0.15, -0.1) is 0 Å². The van der Waals surface area contributed by atoms with Gasteiger partial charge in [0.25, 0.3) is 0 Å². The molecular weight excluding hydrogens is 634 g/mol. The Morgan fingerprint density at radius 1 is 0.673 bits per heavy atom. The van der Waals surface area contributed by atoms with Crippen molar-refractivity contribution >= 4 is 30.0 Å². The lowest BCUT2D eigenvalue weighted by Crippen LogP contribution is -2.37. The number of alkyl carbamates (subject to hydrolysis) is 2. The number of hydrogen-bond acceptors (Lipinski definition) is 10. The van der Waals surface area contributed by atoms with Crippen molar-refractivity contribution in [1.29, 1.82) is 0 Å². The molecule has 268 valence electrons. The summed E-state index contributed by atoms with van der Waals surface area (Å²) in [6.45, 7) is 13.0. The Morgan fingerprint density at radius 2 is 1.06 bits per heavy atom. The van der Waals surface area contributed by atoms with Gasteiger partial charge in [-0.25, -0.2) is 18.4 Å². The third kappa shape index (κ3) is 14.5. The van der Waals surface area contributed by atoms with Crippen LogP contribution in [0.3, 0.4) is 0 Å². The van der Waals surface area contributed by atoms with Crippen LogP contribution in [0.15, 0.2) is 48.5 Å². The number of ether oxygens (including phenoxy) is 2. The number of benzene rings is 2. The summed E-state index contributed by atoms with van der Waals surface area (Å²) in [7, 11) is 3.61. The van der Waals surface area contributed by atoms with Crippen LogP contribution in [0.4, 0.5) is 36.2 Å². The van der Waals surface area contributed by atoms with Crippen LogP contribution in [0.5, 0.6) is 0 Å². The minimum Gasteiger partial charge on any atom is -0.444 e. The number of nitrogens with zero attached hydrogens (tertiary/aromatic N) is 6. The van der Waals surface area contributed by atoms with E-state index in [1.54, 1.807) is 77.6 Å². The zero-order valence-electron chi connectivity index (χ0n) is 29.8. The molecule has 2 amide bonds. The molecule has 0 saturated heterocycles. The van der Waals surface area contributed by atoms with E-state index in [0.717, 1.165) is 11.1 Å². The fraction of sp³-hybridized carbons (Fsp3) is 0.514. The van der Waals surface area contributed by atoms with Crippen LogP contribution >= 0.6 is 0 Å². The van der Waals surface area contributed by atoms with E-state index < -0.39 is 23.4 Å². The number of carbonyl (C=O) groups excluding carboxylic acids is 2. The van der Waals surface area contributed by atoms with E-state index in [9.17, 15) is 18.4 Å². The maximum absolute atomic E-state index is 14.0. The first-order valence-electron chi connectivity index (χ1n) is 16.3. The lowest BCUT2D eigenvalue weighted by Gasteiger charge is -2.27. The molecule has 1 aromatic heterocycles. The summed E-state index contributed by atoms with van der Waals surface area (Å²) >= 11 is 0. The van der Waals surface area contributed by atoms with Gasteiger partial charge in [-0.3, -0.25) is 0 Å². The molecule has 0 saturated carbocycles. The summed E-state index contributed by atoms with van der Waals surface area (Å²) in [5, 5.41) is 5.56. The highest BCUT2D eigenvalue weighted by Gasteiger charge is 2.20. The molecule has 0 aliphatic rings. The summed E-state index contributed by atoms with van der Waals surface area (Å²) in [5.41, 5.74) is 0.225. The van der Waals surface area contributed by atoms with Crippen molar-refractivity contribution in [2.45, 2.75) is 78.7 Å². The monoisotopic (exact) mass is 684 g/mol. The van der Waals surface area contributed by atoms with E-state index in [0.29, 0.717) is 70.0 Å². The summed E-state index contributed by atoms with van der Waals surface area (Å²) in [6, 6.07) is 12.6. The van der Waals surface area contributed by atoms with Crippen molar-refractivity contribution < 1.29 is 27.8 Å². The number of hydrogen-bond donors (Lipinski definition) is 2. The molecule has 0 aliphatic carbocycles. The predicted molar refractivity (Wildman–Crippen MR) is 187 cm³/mol. The van der Waals surface area contributed by atoms with Gasteiger partial charge in [0.2, 0.25) is 17.8 Å². The minimum atomic E-state index is -0.621. The van der Waals surface area contributed by atoms with Gasteiger partial charge in [0.1, 0.15) is 22.8 Å². The molecule has 14 heteroatoms. The van der Waals surface area contributed by atoms with Gasteiger partial charge >= 0.3 is 12.2 Å². The number of rotatable bonds is 15. The Hall–Kier alpha value is -4.75. The van der Waals surface area contributed by atoms with E-state index in [-0.39, 0.29) is 11.6 Å². The number of anilines is 3. The lowest BCUT2D eigenvalue weighted by molar-refractivity contribution is 0.0516. The number of halogens is 2. The second-order valence-corrected chi connectivity index (χ2v) is 13.8. The first-order valence-corrected chi connectivity index (χ1v) is 16.3. The highest BCUT2D eigenvalue weighted by Crippen LogP contribution is 2.22. The first-order chi connectivity index (χ1) is 23.0. The maximum Gasteiger partial charge on any atom is 0.407 e. The fourth-order valence-electron chi connectivity index (χ4n) is 4.65. The van der Waals surface area contributed by atoms with Crippen LogP contribution < -0.4 is 25.3 Å². The molecule has 3 aromatic rings. The third-order valence-electron chi connectivity index (χ3n) is 6.73. The Morgan fingerprint density at radius 3 is 1.43 bits per heavy atom. The Balaban J connectivity index is 1.88. The second-order valence-electron chi connectivity index (χ2n) is 13.8. The van der Waals surface area contributed by atoms with E-state index in [2.05, 4.69) is 10.6 Å². The molecule has 1 heterocycles. The second kappa shape index (κ2) is 17.6. The molecular formula is C35H50F2N8O4. The van der Waals surface area contributed by atoms with Gasteiger partial charge in [-0.1, -0.05) is 24.3 Å². The molecule has 2 aromatic carbocycles.